The van der Waals surface area contributed by atoms with Gasteiger partial charge in [-0.05, 0) is 24.3 Å². The number of nitrogens with two attached hydrogens (primary N) is 1. The highest BCUT2D eigenvalue weighted by atomic mass is 32.2. The summed E-state index contributed by atoms with van der Waals surface area (Å²) in [5, 5.41) is 0. The topological polar surface area (TPSA) is 98.0 Å². The number of sulfonamides is 1. The van der Waals surface area contributed by atoms with Gasteiger partial charge in [0.2, 0.25) is 10.0 Å². The van der Waals surface area contributed by atoms with Crippen LogP contribution in [-0.4, -0.2) is 29.9 Å². The Morgan fingerprint density at radius 3 is 2.62 bits per heavy atom. The van der Waals surface area contributed by atoms with Gasteiger partial charge in [-0.25, -0.2) is 13.1 Å². The second kappa shape index (κ2) is 6.70. The second-order valence-corrected chi connectivity index (χ2v) is 6.42. The van der Waals surface area contributed by atoms with Crippen LogP contribution in [0.25, 0.3) is 0 Å². The highest BCUT2D eigenvalue weighted by Crippen LogP contribution is 2.08. The summed E-state index contributed by atoms with van der Waals surface area (Å²) in [5.41, 5.74) is 6.62. The van der Waals surface area contributed by atoms with Gasteiger partial charge in [-0.2, -0.15) is 0 Å². The molecule has 0 spiro atoms. The third-order valence-electron chi connectivity index (χ3n) is 2.70. The monoisotopic (exact) mass is 322 g/mol. The van der Waals surface area contributed by atoms with Crippen LogP contribution >= 0.6 is 12.2 Å². The van der Waals surface area contributed by atoms with E-state index in [0.29, 0.717) is 12.1 Å². The molecule has 8 heteroatoms. The molecule has 0 aliphatic heterocycles. The molecule has 0 bridgehead atoms. The zero-order chi connectivity index (χ0) is 15.3. The van der Waals surface area contributed by atoms with Crippen molar-refractivity contribution in [2.24, 2.45) is 5.73 Å². The standard InChI is InChI=1S/C13H14N4O2S2/c14-13(20)12-5-4-11(9-16-12)21(18,19)17-8-6-10-3-1-2-7-15-10/h1-5,7,9,17H,6,8H2,(H2,14,20). The van der Waals surface area contributed by atoms with Crippen molar-refractivity contribution in [3.8, 4) is 0 Å². The summed E-state index contributed by atoms with van der Waals surface area (Å²) >= 11 is 4.77. The fraction of sp³-hybridized carbons (Fsp3) is 0.154. The van der Waals surface area contributed by atoms with Crippen molar-refractivity contribution < 1.29 is 8.42 Å². The highest BCUT2D eigenvalue weighted by Gasteiger charge is 2.14. The van der Waals surface area contributed by atoms with E-state index >= 15 is 0 Å². The van der Waals surface area contributed by atoms with Crippen LogP contribution < -0.4 is 10.5 Å². The summed E-state index contributed by atoms with van der Waals surface area (Å²) in [6.07, 6.45) is 3.41. The van der Waals surface area contributed by atoms with Crippen molar-refractivity contribution in [2.45, 2.75) is 11.3 Å². The average Bonchev–Trinajstić information content (AvgIpc) is 2.48. The minimum absolute atomic E-state index is 0.0727. The number of rotatable bonds is 6. The van der Waals surface area contributed by atoms with Crippen LogP contribution in [0.3, 0.4) is 0 Å². The van der Waals surface area contributed by atoms with Crippen LogP contribution in [0.4, 0.5) is 0 Å². The molecule has 0 aliphatic rings. The third-order valence-corrected chi connectivity index (χ3v) is 4.35. The highest BCUT2D eigenvalue weighted by molar-refractivity contribution is 7.89. The van der Waals surface area contributed by atoms with Crippen molar-refractivity contribution >= 4 is 27.2 Å². The van der Waals surface area contributed by atoms with E-state index in [9.17, 15) is 8.42 Å². The molecule has 0 aromatic carbocycles. The number of aromatic nitrogens is 2. The first kappa shape index (κ1) is 15.5. The smallest absolute Gasteiger partial charge is 0.242 e. The Bertz CT molecular complexity index is 716. The third kappa shape index (κ3) is 4.28. The number of thiocarbonyl (C=S) groups is 1. The molecule has 0 unspecified atom stereocenters. The molecule has 2 aromatic heterocycles. The van der Waals surface area contributed by atoms with Crippen LogP contribution in [0.5, 0.6) is 0 Å². The maximum atomic E-state index is 12.1. The number of nitrogens with zero attached hydrogens (tertiary/aromatic N) is 2. The van der Waals surface area contributed by atoms with E-state index in [0.717, 1.165) is 5.69 Å². The van der Waals surface area contributed by atoms with Crippen molar-refractivity contribution in [1.29, 1.82) is 0 Å². The van der Waals surface area contributed by atoms with Gasteiger partial charge < -0.3 is 5.73 Å². The predicted octanol–water partition coefficient (Wildman–Crippen LogP) is 0.632. The Kier molecular flexibility index (Phi) is 4.94. The Balaban J connectivity index is 2.00. The van der Waals surface area contributed by atoms with Crippen LogP contribution in [0.15, 0.2) is 47.6 Å². The summed E-state index contributed by atoms with van der Waals surface area (Å²) in [7, 11) is -3.60. The Labute approximate surface area is 128 Å². The summed E-state index contributed by atoms with van der Waals surface area (Å²) < 4.78 is 26.6. The Morgan fingerprint density at radius 2 is 2.05 bits per heavy atom. The lowest BCUT2D eigenvalue weighted by atomic mass is 10.3. The molecule has 6 nitrogen and oxygen atoms in total. The first-order valence-corrected chi connectivity index (χ1v) is 8.03. The maximum absolute atomic E-state index is 12.1. The molecule has 0 amide bonds. The molecule has 2 rings (SSSR count). The van der Waals surface area contributed by atoms with Gasteiger partial charge >= 0.3 is 0 Å². The van der Waals surface area contributed by atoms with Crippen molar-refractivity contribution in [3.63, 3.8) is 0 Å². The summed E-state index contributed by atoms with van der Waals surface area (Å²) in [5.74, 6) is 0. The quantitative estimate of drug-likeness (QED) is 0.757. The molecule has 3 N–H and O–H groups in total. The number of hydrogen-bond acceptors (Lipinski definition) is 5. The van der Waals surface area contributed by atoms with Crippen molar-refractivity contribution in [2.75, 3.05) is 6.54 Å². The van der Waals surface area contributed by atoms with E-state index in [1.165, 1.54) is 18.3 Å². The van der Waals surface area contributed by atoms with Gasteiger partial charge in [-0.15, -0.1) is 0 Å². The molecule has 0 aliphatic carbocycles. The number of pyridine rings is 2. The van der Waals surface area contributed by atoms with E-state index in [-0.39, 0.29) is 16.4 Å². The lowest BCUT2D eigenvalue weighted by Crippen LogP contribution is -2.26. The first-order valence-electron chi connectivity index (χ1n) is 6.14. The largest absolute Gasteiger partial charge is 0.388 e. The van der Waals surface area contributed by atoms with Crippen molar-refractivity contribution in [1.82, 2.24) is 14.7 Å². The zero-order valence-electron chi connectivity index (χ0n) is 11.1. The number of nitrogens with one attached hydrogen (secondary N) is 1. The molecular weight excluding hydrogens is 308 g/mol. The molecule has 0 radical (unpaired) electrons. The number of hydrogen-bond donors (Lipinski definition) is 2. The first-order chi connectivity index (χ1) is 9.99. The minimum Gasteiger partial charge on any atom is -0.388 e. The summed E-state index contributed by atoms with van der Waals surface area (Å²) in [6.45, 7) is 0.260. The Hall–Kier alpha value is -1.90. The molecule has 0 saturated heterocycles. The lowest BCUT2D eigenvalue weighted by Gasteiger charge is -2.06. The van der Waals surface area contributed by atoms with Crippen LogP contribution in [-0.2, 0) is 16.4 Å². The molecule has 0 atom stereocenters. The van der Waals surface area contributed by atoms with Crippen molar-refractivity contribution in [3.05, 3.63) is 54.1 Å². The molecule has 0 saturated carbocycles. The van der Waals surface area contributed by atoms with E-state index in [1.54, 1.807) is 6.20 Å². The SMILES string of the molecule is NC(=S)c1ccc(S(=O)(=O)NCCc2ccccn2)cn1. The van der Waals surface area contributed by atoms with E-state index in [4.69, 9.17) is 18.0 Å². The Morgan fingerprint density at radius 1 is 1.24 bits per heavy atom. The van der Waals surface area contributed by atoms with Crippen LogP contribution in [0.2, 0.25) is 0 Å². The zero-order valence-corrected chi connectivity index (χ0v) is 12.7. The molecule has 21 heavy (non-hydrogen) atoms. The van der Waals surface area contributed by atoms with Gasteiger partial charge in [0.15, 0.2) is 0 Å². The van der Waals surface area contributed by atoms with E-state index in [2.05, 4.69) is 14.7 Å². The van der Waals surface area contributed by atoms with Crippen LogP contribution in [0.1, 0.15) is 11.4 Å². The summed E-state index contributed by atoms with van der Waals surface area (Å²) in [4.78, 5) is 8.24. The predicted molar refractivity (Wildman–Crippen MR) is 83.3 cm³/mol. The van der Waals surface area contributed by atoms with Gasteiger partial charge in [0.05, 0.1) is 5.69 Å². The van der Waals surface area contributed by atoms with E-state index < -0.39 is 10.0 Å². The molecule has 110 valence electrons. The van der Waals surface area contributed by atoms with Crippen LogP contribution in [0, 0.1) is 0 Å². The fourth-order valence-corrected chi connectivity index (χ4v) is 2.72. The maximum Gasteiger partial charge on any atom is 0.242 e. The van der Waals surface area contributed by atoms with Gasteiger partial charge in [0.25, 0.3) is 0 Å². The van der Waals surface area contributed by atoms with E-state index in [1.807, 2.05) is 18.2 Å². The van der Waals surface area contributed by atoms with Gasteiger partial charge in [0.1, 0.15) is 9.88 Å². The molecule has 0 fully saturated rings. The summed E-state index contributed by atoms with van der Waals surface area (Å²) in [6, 6.07) is 8.41. The lowest BCUT2D eigenvalue weighted by molar-refractivity contribution is 0.581. The molecular formula is C13H14N4O2S2. The minimum atomic E-state index is -3.60. The molecule has 2 aromatic rings. The van der Waals surface area contributed by atoms with Gasteiger partial charge in [-0.3, -0.25) is 9.97 Å². The second-order valence-electron chi connectivity index (χ2n) is 4.21. The van der Waals surface area contributed by atoms with Gasteiger partial charge in [-0.1, -0.05) is 18.3 Å². The van der Waals surface area contributed by atoms with Gasteiger partial charge in [0, 0.05) is 31.1 Å². The molecule has 2 heterocycles. The normalized spacial score (nSPS) is 11.2. The average molecular weight is 322 g/mol. The fourth-order valence-electron chi connectivity index (χ4n) is 1.63.